The van der Waals surface area contributed by atoms with Gasteiger partial charge in [-0.1, -0.05) is 110 Å². The summed E-state index contributed by atoms with van der Waals surface area (Å²) in [5.74, 6) is 0. The minimum atomic E-state index is 0.903. The SMILES string of the molecule is C=C(/C=C(\C=C/C)n1c2ccccc2c2ccccc21)n1c2ccccc2c2ccc(-n3c4ccccc4c4ccccc43)cc21. The molecular weight excluding hydrogens is 558 g/mol. The fourth-order valence-corrected chi connectivity index (χ4v) is 7.40. The standard InChI is InChI=1S/C43H31N3/c1-3-14-30(45-39-21-10-5-15-32(39)33-16-6-11-22-40(33)45)27-29(2)44-38-20-9-4-19-36(38)37-26-25-31(28-43(37)44)46-41-23-12-7-17-34(41)35-18-8-13-24-42(35)46/h3-28H,2H2,1H3/b14-3-,30-27+. The molecule has 0 radical (unpaired) electrons. The largest absolute Gasteiger partial charge is 0.310 e. The number of rotatable bonds is 5. The van der Waals surface area contributed by atoms with Gasteiger partial charge in [0.05, 0.1) is 33.1 Å². The van der Waals surface area contributed by atoms with Crippen molar-refractivity contribution >= 4 is 76.8 Å². The van der Waals surface area contributed by atoms with Crippen LogP contribution in [-0.4, -0.2) is 13.7 Å². The molecule has 9 rings (SSSR count). The van der Waals surface area contributed by atoms with Gasteiger partial charge in [-0.15, -0.1) is 0 Å². The van der Waals surface area contributed by atoms with E-state index in [1.807, 2.05) is 0 Å². The van der Waals surface area contributed by atoms with Crippen LogP contribution in [0.3, 0.4) is 0 Å². The first-order valence-corrected chi connectivity index (χ1v) is 15.8. The summed E-state index contributed by atoms with van der Waals surface area (Å²) in [5.41, 5.74) is 10.1. The lowest BCUT2D eigenvalue weighted by molar-refractivity contribution is 1.17. The van der Waals surface area contributed by atoms with Gasteiger partial charge in [-0.25, -0.2) is 0 Å². The Morgan fingerprint density at radius 2 is 0.891 bits per heavy atom. The van der Waals surface area contributed by atoms with Crippen LogP contribution >= 0.6 is 0 Å². The van der Waals surface area contributed by atoms with Gasteiger partial charge in [-0.2, -0.15) is 0 Å². The van der Waals surface area contributed by atoms with E-state index in [1.54, 1.807) is 0 Å². The van der Waals surface area contributed by atoms with Crippen LogP contribution in [-0.2, 0) is 0 Å². The molecule has 0 saturated carbocycles. The fourth-order valence-electron chi connectivity index (χ4n) is 7.40. The average Bonchev–Trinajstić information content (AvgIpc) is 3.73. The first-order chi connectivity index (χ1) is 22.7. The Morgan fingerprint density at radius 3 is 1.39 bits per heavy atom. The van der Waals surface area contributed by atoms with E-state index in [9.17, 15) is 0 Å². The Kier molecular flexibility index (Phi) is 5.87. The third-order valence-electron chi connectivity index (χ3n) is 9.27. The summed E-state index contributed by atoms with van der Waals surface area (Å²) in [4.78, 5) is 0. The first kappa shape index (κ1) is 26.4. The second-order valence-corrected chi connectivity index (χ2v) is 11.9. The molecule has 218 valence electrons. The predicted octanol–water partition coefficient (Wildman–Crippen LogP) is 11.6. The van der Waals surface area contributed by atoms with E-state index >= 15 is 0 Å². The zero-order valence-electron chi connectivity index (χ0n) is 25.6. The third-order valence-corrected chi connectivity index (χ3v) is 9.27. The van der Waals surface area contributed by atoms with Crippen LogP contribution in [0.2, 0.25) is 0 Å². The second-order valence-electron chi connectivity index (χ2n) is 11.9. The molecule has 0 aliphatic carbocycles. The van der Waals surface area contributed by atoms with Crippen molar-refractivity contribution in [2.24, 2.45) is 0 Å². The summed E-state index contributed by atoms with van der Waals surface area (Å²) in [7, 11) is 0. The molecule has 0 spiro atoms. The van der Waals surface area contributed by atoms with Gasteiger partial charge in [0.15, 0.2) is 0 Å². The van der Waals surface area contributed by atoms with Crippen molar-refractivity contribution in [3.05, 3.63) is 164 Å². The van der Waals surface area contributed by atoms with Crippen LogP contribution in [0.1, 0.15) is 6.92 Å². The van der Waals surface area contributed by atoms with Gasteiger partial charge in [-0.3, -0.25) is 0 Å². The molecule has 0 aliphatic rings. The minimum Gasteiger partial charge on any atom is -0.310 e. The number of hydrogen-bond donors (Lipinski definition) is 0. The molecule has 3 heterocycles. The number of allylic oxidation sites excluding steroid dienone is 5. The van der Waals surface area contributed by atoms with E-state index in [-0.39, 0.29) is 0 Å². The smallest absolute Gasteiger partial charge is 0.0561 e. The van der Waals surface area contributed by atoms with Crippen molar-refractivity contribution in [1.82, 2.24) is 13.7 Å². The van der Waals surface area contributed by atoms with Crippen molar-refractivity contribution in [2.75, 3.05) is 0 Å². The summed E-state index contributed by atoms with van der Waals surface area (Å²) in [6, 6.07) is 50.1. The zero-order valence-corrected chi connectivity index (χ0v) is 25.6. The molecule has 3 nitrogen and oxygen atoms in total. The van der Waals surface area contributed by atoms with Crippen molar-refractivity contribution in [2.45, 2.75) is 6.92 Å². The van der Waals surface area contributed by atoms with Crippen LogP contribution < -0.4 is 0 Å². The Hall–Kier alpha value is -6.06. The van der Waals surface area contributed by atoms with E-state index in [0.717, 1.165) is 28.1 Å². The molecule has 0 fully saturated rings. The van der Waals surface area contributed by atoms with Crippen LogP contribution in [0.4, 0.5) is 0 Å². The van der Waals surface area contributed by atoms with Gasteiger partial charge in [0, 0.05) is 49.4 Å². The Morgan fingerprint density at radius 1 is 0.478 bits per heavy atom. The van der Waals surface area contributed by atoms with Crippen molar-refractivity contribution < 1.29 is 0 Å². The van der Waals surface area contributed by atoms with Crippen LogP contribution in [0.5, 0.6) is 0 Å². The lowest BCUT2D eigenvalue weighted by atomic mass is 10.1. The molecular formula is C43H31N3. The normalized spacial score (nSPS) is 12.6. The summed E-state index contributed by atoms with van der Waals surface area (Å²) in [6.07, 6.45) is 6.51. The number of para-hydroxylation sites is 5. The highest BCUT2D eigenvalue weighted by Gasteiger charge is 2.17. The Labute approximate surface area is 266 Å². The van der Waals surface area contributed by atoms with Crippen LogP contribution in [0.25, 0.3) is 82.5 Å². The van der Waals surface area contributed by atoms with E-state index in [1.165, 1.54) is 54.4 Å². The molecule has 6 aromatic carbocycles. The number of fused-ring (bicyclic) bond motifs is 9. The van der Waals surface area contributed by atoms with E-state index in [2.05, 4.69) is 178 Å². The molecule has 0 bridgehead atoms. The van der Waals surface area contributed by atoms with Crippen LogP contribution in [0.15, 0.2) is 164 Å². The molecule has 0 atom stereocenters. The van der Waals surface area contributed by atoms with E-state index in [0.29, 0.717) is 0 Å². The highest BCUT2D eigenvalue weighted by molar-refractivity contribution is 6.14. The molecule has 9 aromatic rings. The summed E-state index contributed by atoms with van der Waals surface area (Å²) in [6.45, 7) is 6.79. The molecule has 0 amide bonds. The number of aromatic nitrogens is 3. The minimum absolute atomic E-state index is 0.903. The van der Waals surface area contributed by atoms with Gasteiger partial charge in [0.25, 0.3) is 0 Å². The van der Waals surface area contributed by atoms with Crippen molar-refractivity contribution in [3.63, 3.8) is 0 Å². The highest BCUT2D eigenvalue weighted by Crippen LogP contribution is 2.38. The van der Waals surface area contributed by atoms with Gasteiger partial charge in [0.1, 0.15) is 0 Å². The van der Waals surface area contributed by atoms with E-state index < -0.39 is 0 Å². The van der Waals surface area contributed by atoms with Gasteiger partial charge < -0.3 is 13.7 Å². The molecule has 0 saturated heterocycles. The summed E-state index contributed by atoms with van der Waals surface area (Å²) >= 11 is 0. The quantitative estimate of drug-likeness (QED) is 0.177. The van der Waals surface area contributed by atoms with Crippen molar-refractivity contribution in [3.8, 4) is 5.69 Å². The monoisotopic (exact) mass is 589 g/mol. The van der Waals surface area contributed by atoms with Gasteiger partial charge in [-0.05, 0) is 61.5 Å². The third kappa shape index (κ3) is 3.79. The molecule has 0 aliphatic heterocycles. The predicted molar refractivity (Wildman–Crippen MR) is 198 cm³/mol. The molecule has 46 heavy (non-hydrogen) atoms. The van der Waals surface area contributed by atoms with Crippen molar-refractivity contribution in [1.29, 1.82) is 0 Å². The molecule has 3 heteroatoms. The Balaban J connectivity index is 1.30. The maximum Gasteiger partial charge on any atom is 0.0561 e. The van der Waals surface area contributed by atoms with Gasteiger partial charge >= 0.3 is 0 Å². The Bertz CT molecular complexity index is 2620. The second kappa shape index (κ2) is 10.3. The summed E-state index contributed by atoms with van der Waals surface area (Å²) < 4.78 is 7.06. The van der Waals surface area contributed by atoms with E-state index in [4.69, 9.17) is 6.58 Å². The summed E-state index contributed by atoms with van der Waals surface area (Å²) in [5, 5.41) is 7.42. The number of benzene rings is 6. The highest BCUT2D eigenvalue weighted by atomic mass is 15.0. The van der Waals surface area contributed by atoms with Gasteiger partial charge in [0.2, 0.25) is 0 Å². The fraction of sp³-hybridized carbons (Fsp3) is 0.0233. The lowest BCUT2D eigenvalue weighted by Gasteiger charge is -2.14. The average molecular weight is 590 g/mol. The maximum absolute atomic E-state index is 4.71. The number of hydrogen-bond acceptors (Lipinski definition) is 0. The number of nitrogens with zero attached hydrogens (tertiary/aromatic N) is 3. The maximum atomic E-state index is 4.71. The first-order valence-electron chi connectivity index (χ1n) is 15.8. The van der Waals surface area contributed by atoms with Crippen LogP contribution in [0, 0.1) is 0 Å². The molecule has 0 unspecified atom stereocenters. The molecule has 0 N–H and O–H groups in total. The lowest BCUT2D eigenvalue weighted by Crippen LogP contribution is -1.99. The zero-order chi connectivity index (χ0) is 30.8. The topological polar surface area (TPSA) is 14.8 Å². The molecule has 3 aromatic heterocycles.